The molecule has 2 amide bonds. The van der Waals surface area contributed by atoms with E-state index in [0.717, 1.165) is 25.9 Å². The highest BCUT2D eigenvalue weighted by atomic mass is 16.2. The highest BCUT2D eigenvalue weighted by Crippen LogP contribution is 2.09. The minimum atomic E-state index is -0.379. The Morgan fingerprint density at radius 2 is 2.00 bits per heavy atom. The van der Waals surface area contributed by atoms with E-state index in [1.807, 2.05) is 4.90 Å². The van der Waals surface area contributed by atoms with Gasteiger partial charge in [0, 0.05) is 13.1 Å². The molecule has 1 saturated heterocycles. The molecular formula is C9H16N2O2. The smallest absolute Gasteiger partial charge is 0.244 e. The largest absolute Gasteiger partial charge is 0.347 e. The van der Waals surface area contributed by atoms with E-state index in [0.29, 0.717) is 6.41 Å². The van der Waals surface area contributed by atoms with Gasteiger partial charge in [-0.05, 0) is 26.2 Å². The SMILES string of the molecule is CC(NC=O)C(=O)N1CCCCC1. The average molecular weight is 184 g/mol. The predicted octanol–water partition coefficient (Wildman–Crippen LogP) is 0.133. The maximum absolute atomic E-state index is 11.6. The molecule has 1 rings (SSSR count). The van der Waals surface area contributed by atoms with Gasteiger partial charge in [0.25, 0.3) is 0 Å². The van der Waals surface area contributed by atoms with Gasteiger partial charge in [0.15, 0.2) is 0 Å². The molecule has 1 fully saturated rings. The van der Waals surface area contributed by atoms with Crippen LogP contribution in [0.5, 0.6) is 0 Å². The molecular weight excluding hydrogens is 168 g/mol. The van der Waals surface area contributed by atoms with Crippen LogP contribution in [0.3, 0.4) is 0 Å². The molecule has 1 atom stereocenters. The first kappa shape index (κ1) is 10.0. The van der Waals surface area contributed by atoms with Crippen LogP contribution in [0.1, 0.15) is 26.2 Å². The van der Waals surface area contributed by atoms with Gasteiger partial charge in [-0.25, -0.2) is 0 Å². The van der Waals surface area contributed by atoms with Crippen molar-refractivity contribution in [2.75, 3.05) is 13.1 Å². The van der Waals surface area contributed by atoms with Crippen LogP contribution in [0.25, 0.3) is 0 Å². The van der Waals surface area contributed by atoms with Crippen LogP contribution in [0.2, 0.25) is 0 Å². The molecule has 0 aromatic carbocycles. The number of hydrogen-bond acceptors (Lipinski definition) is 2. The van der Waals surface area contributed by atoms with Crippen molar-refractivity contribution in [2.24, 2.45) is 0 Å². The van der Waals surface area contributed by atoms with Crippen LogP contribution < -0.4 is 5.32 Å². The molecule has 0 spiro atoms. The van der Waals surface area contributed by atoms with Gasteiger partial charge in [-0.3, -0.25) is 9.59 Å². The molecule has 1 N–H and O–H groups in total. The van der Waals surface area contributed by atoms with Crippen LogP contribution in [0.15, 0.2) is 0 Å². The number of carbonyl (C=O) groups excluding carboxylic acids is 2. The fraction of sp³-hybridized carbons (Fsp3) is 0.778. The zero-order valence-electron chi connectivity index (χ0n) is 7.95. The van der Waals surface area contributed by atoms with Gasteiger partial charge < -0.3 is 10.2 Å². The second-order valence-electron chi connectivity index (χ2n) is 3.39. The Morgan fingerprint density at radius 1 is 1.38 bits per heavy atom. The third-order valence-electron chi connectivity index (χ3n) is 2.36. The van der Waals surface area contributed by atoms with Crippen LogP contribution in [-0.4, -0.2) is 36.3 Å². The van der Waals surface area contributed by atoms with Crippen molar-refractivity contribution in [1.82, 2.24) is 10.2 Å². The lowest BCUT2D eigenvalue weighted by atomic mass is 10.1. The molecule has 0 aromatic rings. The first-order chi connectivity index (χ1) is 6.25. The molecule has 0 aliphatic carbocycles. The van der Waals surface area contributed by atoms with Crippen LogP contribution in [-0.2, 0) is 9.59 Å². The van der Waals surface area contributed by atoms with Gasteiger partial charge in [-0.1, -0.05) is 0 Å². The van der Waals surface area contributed by atoms with E-state index >= 15 is 0 Å². The molecule has 74 valence electrons. The minimum absolute atomic E-state index is 0.0341. The van der Waals surface area contributed by atoms with Crippen LogP contribution in [0, 0.1) is 0 Å². The Balaban J connectivity index is 2.40. The summed E-state index contributed by atoms with van der Waals surface area (Å²) in [7, 11) is 0. The molecule has 4 heteroatoms. The van der Waals surface area contributed by atoms with Gasteiger partial charge >= 0.3 is 0 Å². The quantitative estimate of drug-likeness (QED) is 0.634. The Hall–Kier alpha value is -1.06. The normalized spacial score (nSPS) is 19.3. The summed E-state index contributed by atoms with van der Waals surface area (Å²) in [6, 6.07) is -0.379. The lowest BCUT2D eigenvalue weighted by Crippen LogP contribution is -2.46. The monoisotopic (exact) mass is 184 g/mol. The highest BCUT2D eigenvalue weighted by molar-refractivity contribution is 5.83. The molecule has 1 heterocycles. The fourth-order valence-corrected chi connectivity index (χ4v) is 1.56. The Kier molecular flexibility index (Phi) is 3.73. The summed E-state index contributed by atoms with van der Waals surface area (Å²) < 4.78 is 0. The van der Waals surface area contributed by atoms with E-state index in [1.54, 1.807) is 6.92 Å². The van der Waals surface area contributed by atoms with Gasteiger partial charge in [0.2, 0.25) is 12.3 Å². The van der Waals surface area contributed by atoms with Crippen molar-refractivity contribution in [3.63, 3.8) is 0 Å². The Bertz CT molecular complexity index is 188. The van der Waals surface area contributed by atoms with Crippen molar-refractivity contribution in [2.45, 2.75) is 32.2 Å². The summed E-state index contributed by atoms with van der Waals surface area (Å²) in [5.74, 6) is 0.0341. The van der Waals surface area contributed by atoms with Crippen LogP contribution >= 0.6 is 0 Å². The van der Waals surface area contributed by atoms with Gasteiger partial charge in [-0.2, -0.15) is 0 Å². The fourth-order valence-electron chi connectivity index (χ4n) is 1.56. The zero-order chi connectivity index (χ0) is 9.68. The summed E-state index contributed by atoms with van der Waals surface area (Å²) in [6.45, 7) is 3.39. The maximum atomic E-state index is 11.6. The summed E-state index contributed by atoms with van der Waals surface area (Å²) in [4.78, 5) is 23.5. The minimum Gasteiger partial charge on any atom is -0.347 e. The van der Waals surface area contributed by atoms with Crippen LogP contribution in [0.4, 0.5) is 0 Å². The Morgan fingerprint density at radius 3 is 2.54 bits per heavy atom. The number of rotatable bonds is 3. The van der Waals surface area contributed by atoms with Gasteiger partial charge in [0.05, 0.1) is 0 Å². The number of piperidine rings is 1. The third kappa shape index (κ3) is 2.72. The average Bonchev–Trinajstić information content (AvgIpc) is 2.18. The van der Waals surface area contributed by atoms with Crippen molar-refractivity contribution in [3.05, 3.63) is 0 Å². The summed E-state index contributed by atoms with van der Waals surface area (Å²) in [5, 5.41) is 2.47. The van der Waals surface area contributed by atoms with Crippen molar-refractivity contribution in [3.8, 4) is 0 Å². The number of nitrogens with zero attached hydrogens (tertiary/aromatic N) is 1. The molecule has 0 radical (unpaired) electrons. The van der Waals surface area contributed by atoms with E-state index in [4.69, 9.17) is 0 Å². The summed E-state index contributed by atoms with van der Waals surface area (Å²) >= 11 is 0. The van der Waals surface area contributed by atoms with Crippen molar-refractivity contribution in [1.29, 1.82) is 0 Å². The van der Waals surface area contributed by atoms with E-state index in [1.165, 1.54) is 6.42 Å². The first-order valence-corrected chi connectivity index (χ1v) is 4.74. The van der Waals surface area contributed by atoms with Gasteiger partial charge in [-0.15, -0.1) is 0 Å². The topological polar surface area (TPSA) is 49.4 Å². The van der Waals surface area contributed by atoms with E-state index in [9.17, 15) is 9.59 Å². The molecule has 1 aliphatic rings. The summed E-state index contributed by atoms with van der Waals surface area (Å²) in [6.07, 6.45) is 3.95. The third-order valence-corrected chi connectivity index (χ3v) is 2.36. The molecule has 1 aliphatic heterocycles. The number of nitrogens with one attached hydrogen (secondary N) is 1. The highest BCUT2D eigenvalue weighted by Gasteiger charge is 2.20. The van der Waals surface area contributed by atoms with Crippen molar-refractivity contribution < 1.29 is 9.59 Å². The summed E-state index contributed by atoms with van der Waals surface area (Å²) in [5.41, 5.74) is 0. The Labute approximate surface area is 78.3 Å². The molecule has 13 heavy (non-hydrogen) atoms. The second-order valence-corrected chi connectivity index (χ2v) is 3.39. The zero-order valence-corrected chi connectivity index (χ0v) is 7.95. The standard InChI is InChI=1S/C9H16N2O2/c1-8(10-7-12)9(13)11-5-3-2-4-6-11/h7-8H,2-6H2,1H3,(H,10,12). The van der Waals surface area contributed by atoms with E-state index in [2.05, 4.69) is 5.32 Å². The van der Waals surface area contributed by atoms with E-state index < -0.39 is 0 Å². The lowest BCUT2D eigenvalue weighted by molar-refractivity contribution is -0.135. The van der Waals surface area contributed by atoms with Gasteiger partial charge in [0.1, 0.15) is 6.04 Å². The van der Waals surface area contributed by atoms with E-state index in [-0.39, 0.29) is 11.9 Å². The number of hydrogen-bond donors (Lipinski definition) is 1. The molecule has 0 bridgehead atoms. The first-order valence-electron chi connectivity index (χ1n) is 4.74. The predicted molar refractivity (Wildman–Crippen MR) is 49.1 cm³/mol. The van der Waals surface area contributed by atoms with Crippen molar-refractivity contribution >= 4 is 12.3 Å². The number of likely N-dealkylation sites (tertiary alicyclic amines) is 1. The molecule has 0 aromatic heterocycles. The molecule has 0 saturated carbocycles. The second kappa shape index (κ2) is 4.84. The maximum Gasteiger partial charge on any atom is 0.244 e. The lowest BCUT2D eigenvalue weighted by Gasteiger charge is -2.28. The molecule has 4 nitrogen and oxygen atoms in total. The number of amides is 2. The molecule has 1 unspecified atom stereocenters. The number of carbonyl (C=O) groups is 2.